The molecular weight excluding hydrogens is 348 g/mol. The average Bonchev–Trinajstić information content (AvgIpc) is 2.83. The monoisotopic (exact) mass is 366 g/mol. The number of phenols is 1. The van der Waals surface area contributed by atoms with Crippen LogP contribution in [-0.2, 0) is 0 Å². The van der Waals surface area contributed by atoms with Crippen LogP contribution in [-0.4, -0.2) is 26.0 Å². The van der Waals surface area contributed by atoms with Crippen LogP contribution in [0.15, 0.2) is 53.7 Å². The molecule has 0 radical (unpaired) electrons. The van der Waals surface area contributed by atoms with E-state index >= 15 is 0 Å². The number of anilines is 1. The second kappa shape index (κ2) is 7.21. The van der Waals surface area contributed by atoms with E-state index in [2.05, 4.69) is 27.4 Å². The van der Waals surface area contributed by atoms with E-state index in [4.69, 9.17) is 4.74 Å². The molecule has 0 fully saturated rings. The summed E-state index contributed by atoms with van der Waals surface area (Å²) < 4.78 is 6.13. The molecule has 6 nitrogen and oxygen atoms in total. The summed E-state index contributed by atoms with van der Waals surface area (Å²) >= 11 is 1.55. The predicted molar refractivity (Wildman–Crippen MR) is 101 cm³/mol. The molecule has 132 valence electrons. The number of nitrogens with one attached hydrogen (secondary N) is 1. The highest BCUT2D eigenvalue weighted by atomic mass is 32.2. The van der Waals surface area contributed by atoms with Crippen molar-refractivity contribution < 1.29 is 9.84 Å². The van der Waals surface area contributed by atoms with Crippen molar-refractivity contribution in [2.45, 2.75) is 24.7 Å². The van der Waals surface area contributed by atoms with Crippen molar-refractivity contribution in [1.29, 1.82) is 0 Å². The van der Waals surface area contributed by atoms with Gasteiger partial charge in [-0.25, -0.2) is 0 Å². The number of thioether (sulfide) groups is 1. The van der Waals surface area contributed by atoms with Crippen molar-refractivity contribution >= 4 is 17.4 Å². The minimum absolute atomic E-state index is 0.161. The van der Waals surface area contributed by atoms with Gasteiger partial charge in [-0.3, -0.25) is 0 Å². The van der Waals surface area contributed by atoms with Crippen molar-refractivity contribution in [3.63, 3.8) is 0 Å². The molecule has 26 heavy (non-hydrogen) atoms. The molecule has 0 amide bonds. The van der Waals surface area contributed by atoms with Gasteiger partial charge >= 0.3 is 0 Å². The number of aromatic nitrogens is 3. The fourth-order valence-corrected chi connectivity index (χ4v) is 3.38. The lowest BCUT2D eigenvalue weighted by Gasteiger charge is -2.20. The van der Waals surface area contributed by atoms with Crippen molar-refractivity contribution in [2.24, 2.45) is 0 Å². The van der Waals surface area contributed by atoms with Gasteiger partial charge in [-0.2, -0.15) is 4.98 Å². The summed E-state index contributed by atoms with van der Waals surface area (Å²) in [5, 5.41) is 22.8. The van der Waals surface area contributed by atoms with E-state index in [1.54, 1.807) is 23.9 Å². The molecule has 1 aliphatic rings. The van der Waals surface area contributed by atoms with Gasteiger partial charge in [0.1, 0.15) is 5.75 Å². The number of phenolic OH excluding ortho intramolecular Hbond substituents is 1. The molecule has 7 heteroatoms. The molecule has 0 saturated carbocycles. The molecule has 0 unspecified atom stereocenters. The molecule has 2 heterocycles. The van der Waals surface area contributed by atoms with Gasteiger partial charge < -0.3 is 15.2 Å². The number of aromatic hydroxyl groups is 1. The van der Waals surface area contributed by atoms with E-state index in [9.17, 15) is 5.11 Å². The second-order valence-electron chi connectivity index (χ2n) is 5.84. The van der Waals surface area contributed by atoms with Gasteiger partial charge in [0.05, 0.1) is 5.56 Å². The van der Waals surface area contributed by atoms with Crippen molar-refractivity contribution in [3.8, 4) is 22.9 Å². The lowest BCUT2D eigenvalue weighted by atomic mass is 10.1. The third-order valence-electron chi connectivity index (χ3n) is 3.99. The predicted octanol–water partition coefficient (Wildman–Crippen LogP) is 4.25. The number of hydrogen-bond acceptors (Lipinski definition) is 7. The van der Waals surface area contributed by atoms with Crippen LogP contribution in [0.2, 0.25) is 0 Å². The Bertz CT molecular complexity index is 935. The number of rotatable bonds is 4. The molecule has 4 rings (SSSR count). The first-order valence-electron chi connectivity index (χ1n) is 8.44. The maximum atomic E-state index is 10.2. The highest BCUT2D eigenvalue weighted by molar-refractivity contribution is 7.99. The van der Waals surface area contributed by atoms with E-state index in [-0.39, 0.29) is 5.75 Å². The molecule has 1 aromatic heterocycles. The summed E-state index contributed by atoms with van der Waals surface area (Å²) in [6, 6.07) is 14.9. The lowest BCUT2D eigenvalue weighted by Crippen LogP contribution is -2.17. The van der Waals surface area contributed by atoms with Crippen LogP contribution in [0.1, 0.15) is 25.1 Å². The molecule has 3 aromatic rings. The largest absolute Gasteiger partial charge is 0.507 e. The fourth-order valence-electron chi connectivity index (χ4n) is 2.75. The van der Waals surface area contributed by atoms with Crippen LogP contribution < -0.4 is 10.1 Å². The first-order valence-corrected chi connectivity index (χ1v) is 9.43. The molecule has 2 aromatic carbocycles. The zero-order valence-corrected chi connectivity index (χ0v) is 15.0. The van der Waals surface area contributed by atoms with Crippen LogP contribution in [0.3, 0.4) is 0 Å². The summed E-state index contributed by atoms with van der Waals surface area (Å²) in [6.45, 7) is 2.11. The standard InChI is InChI=1S/C19H18N4O2S/c1-2-11-26-19-21-18-16(22-23-19)12-7-3-5-9-14(12)20-17(25-18)13-8-4-6-10-15(13)24/h3-10,17,20,24H,2,11H2,1H3/t17-/m1/s1. The molecule has 1 aliphatic heterocycles. The Kier molecular flexibility index (Phi) is 4.62. The highest BCUT2D eigenvalue weighted by Gasteiger charge is 2.27. The first kappa shape index (κ1) is 16.7. The van der Waals surface area contributed by atoms with E-state index in [1.807, 2.05) is 36.4 Å². The summed E-state index contributed by atoms with van der Waals surface area (Å²) in [4.78, 5) is 4.56. The smallest absolute Gasteiger partial charge is 0.247 e. The van der Waals surface area contributed by atoms with Gasteiger partial charge in [0.15, 0.2) is 5.69 Å². The Morgan fingerprint density at radius 1 is 1.12 bits per heavy atom. The SMILES string of the molecule is CCCSc1nnc2c(n1)O[C@H](c1ccccc1O)Nc1ccccc1-2. The quantitative estimate of drug-likeness (QED) is 0.668. The van der Waals surface area contributed by atoms with Crippen LogP contribution in [0, 0.1) is 0 Å². The van der Waals surface area contributed by atoms with Gasteiger partial charge in [0.2, 0.25) is 17.3 Å². The molecular formula is C19H18N4O2S. The summed E-state index contributed by atoms with van der Waals surface area (Å²) in [5.41, 5.74) is 2.94. The van der Waals surface area contributed by atoms with E-state index in [0.717, 1.165) is 23.4 Å². The van der Waals surface area contributed by atoms with E-state index in [1.165, 1.54) is 0 Å². The maximum Gasteiger partial charge on any atom is 0.247 e. The molecule has 0 bridgehead atoms. The number of benzene rings is 2. The Balaban J connectivity index is 1.81. The van der Waals surface area contributed by atoms with Crippen LogP contribution in [0.25, 0.3) is 11.3 Å². The Morgan fingerprint density at radius 2 is 1.92 bits per heavy atom. The Labute approximate surface area is 155 Å². The Hall–Kier alpha value is -2.80. The fraction of sp³-hybridized carbons (Fsp3) is 0.211. The minimum atomic E-state index is -0.584. The van der Waals surface area contributed by atoms with Gasteiger partial charge in [-0.1, -0.05) is 49.0 Å². The summed E-state index contributed by atoms with van der Waals surface area (Å²) in [5.74, 6) is 1.48. The number of fused-ring (bicyclic) bond motifs is 3. The second-order valence-corrected chi connectivity index (χ2v) is 6.91. The van der Waals surface area contributed by atoms with Gasteiger partial charge in [-0.15, -0.1) is 10.2 Å². The molecule has 2 N–H and O–H groups in total. The normalized spacial score (nSPS) is 15.2. The molecule has 0 saturated heterocycles. The summed E-state index contributed by atoms with van der Waals surface area (Å²) in [7, 11) is 0. The first-order chi connectivity index (χ1) is 12.8. The van der Waals surface area contributed by atoms with E-state index in [0.29, 0.717) is 22.3 Å². The lowest BCUT2D eigenvalue weighted by molar-refractivity contribution is 0.220. The topological polar surface area (TPSA) is 80.2 Å². The Morgan fingerprint density at radius 3 is 2.77 bits per heavy atom. The number of ether oxygens (including phenoxy) is 1. The maximum absolute atomic E-state index is 10.2. The number of hydrogen-bond donors (Lipinski definition) is 2. The third-order valence-corrected chi connectivity index (χ3v) is 5.03. The van der Waals surface area contributed by atoms with Crippen molar-refractivity contribution in [2.75, 3.05) is 11.1 Å². The van der Waals surface area contributed by atoms with Crippen LogP contribution in [0.5, 0.6) is 11.6 Å². The number of para-hydroxylation sites is 2. The summed E-state index contributed by atoms with van der Waals surface area (Å²) in [6.07, 6.45) is 0.441. The van der Waals surface area contributed by atoms with Crippen LogP contribution in [0.4, 0.5) is 5.69 Å². The zero-order chi connectivity index (χ0) is 17.9. The van der Waals surface area contributed by atoms with Gasteiger partial charge in [0, 0.05) is 17.0 Å². The van der Waals surface area contributed by atoms with Crippen LogP contribution >= 0.6 is 11.8 Å². The zero-order valence-electron chi connectivity index (χ0n) is 14.2. The minimum Gasteiger partial charge on any atom is -0.507 e. The van der Waals surface area contributed by atoms with Gasteiger partial charge in [0.25, 0.3) is 0 Å². The van der Waals surface area contributed by atoms with E-state index < -0.39 is 6.23 Å². The highest BCUT2D eigenvalue weighted by Crippen LogP contribution is 2.40. The molecule has 1 atom stereocenters. The number of nitrogens with zero attached hydrogens (tertiary/aromatic N) is 3. The van der Waals surface area contributed by atoms with Crippen molar-refractivity contribution in [3.05, 3.63) is 54.1 Å². The molecule has 0 aliphatic carbocycles. The van der Waals surface area contributed by atoms with Gasteiger partial charge in [-0.05, 0) is 24.6 Å². The van der Waals surface area contributed by atoms with Crippen molar-refractivity contribution in [1.82, 2.24) is 15.2 Å². The third kappa shape index (κ3) is 3.17. The molecule has 0 spiro atoms. The average molecular weight is 366 g/mol.